The lowest BCUT2D eigenvalue weighted by Crippen LogP contribution is -2.43. The Labute approximate surface area is 163 Å². The number of rotatable bonds is 5. The number of nitrogens with one attached hydrogen (secondary N) is 1. The number of carbonyl (C=O) groups is 2. The number of benzene rings is 2. The van der Waals surface area contributed by atoms with Crippen molar-refractivity contribution in [3.8, 4) is 0 Å². The third-order valence-corrected chi connectivity index (χ3v) is 3.91. The standard InChI is InChI=1S/C22H22N2O4/c1-22(2,3)24(28-21(26)17-8-5-4-6-9-17)18-13-11-16(12-14-18)20(25)23-19-10-7-15-27-19/h4-15H,1-3H3,(H,23,25). The van der Waals surface area contributed by atoms with Gasteiger partial charge < -0.3 is 9.25 Å². The molecule has 144 valence electrons. The summed E-state index contributed by atoms with van der Waals surface area (Å²) in [6.45, 7) is 5.80. The maximum Gasteiger partial charge on any atom is 0.363 e. The van der Waals surface area contributed by atoms with Gasteiger partial charge in [-0.3, -0.25) is 10.1 Å². The van der Waals surface area contributed by atoms with Crippen LogP contribution in [-0.4, -0.2) is 17.4 Å². The molecule has 0 bridgehead atoms. The van der Waals surface area contributed by atoms with Crippen LogP contribution in [0.15, 0.2) is 77.4 Å². The molecule has 0 aliphatic rings. The second-order valence-electron chi connectivity index (χ2n) is 7.19. The van der Waals surface area contributed by atoms with E-state index in [2.05, 4.69) is 5.32 Å². The van der Waals surface area contributed by atoms with Gasteiger partial charge in [-0.05, 0) is 63.2 Å². The molecule has 6 heteroatoms. The molecule has 0 unspecified atom stereocenters. The normalized spacial score (nSPS) is 11.0. The summed E-state index contributed by atoms with van der Waals surface area (Å²) < 4.78 is 5.12. The van der Waals surface area contributed by atoms with Gasteiger partial charge in [-0.2, -0.15) is 0 Å². The predicted molar refractivity (Wildman–Crippen MR) is 107 cm³/mol. The molecule has 0 spiro atoms. The van der Waals surface area contributed by atoms with E-state index in [1.54, 1.807) is 60.7 Å². The lowest BCUT2D eigenvalue weighted by atomic mass is 10.1. The summed E-state index contributed by atoms with van der Waals surface area (Å²) in [4.78, 5) is 30.4. The summed E-state index contributed by atoms with van der Waals surface area (Å²) in [6.07, 6.45) is 1.49. The van der Waals surface area contributed by atoms with Crippen LogP contribution in [0.5, 0.6) is 0 Å². The summed E-state index contributed by atoms with van der Waals surface area (Å²) in [6, 6.07) is 19.0. The zero-order chi connectivity index (χ0) is 20.1. The minimum atomic E-state index is -0.484. The number of furan rings is 1. The Kier molecular flexibility index (Phi) is 5.49. The van der Waals surface area contributed by atoms with E-state index < -0.39 is 11.5 Å². The van der Waals surface area contributed by atoms with Crippen LogP contribution in [0.25, 0.3) is 0 Å². The first kappa shape index (κ1) is 19.2. The van der Waals surface area contributed by atoms with Gasteiger partial charge in [0.25, 0.3) is 5.91 Å². The molecule has 6 nitrogen and oxygen atoms in total. The fraction of sp³-hybridized carbons (Fsp3) is 0.182. The first-order valence-electron chi connectivity index (χ1n) is 8.87. The van der Waals surface area contributed by atoms with Gasteiger partial charge in [0.15, 0.2) is 5.88 Å². The molecule has 0 saturated heterocycles. The van der Waals surface area contributed by atoms with Crippen molar-refractivity contribution in [2.24, 2.45) is 0 Å². The average molecular weight is 378 g/mol. The topological polar surface area (TPSA) is 71.8 Å². The highest BCUT2D eigenvalue weighted by Gasteiger charge is 2.27. The van der Waals surface area contributed by atoms with E-state index in [1.165, 1.54) is 11.3 Å². The molecule has 2 aromatic carbocycles. The molecule has 1 amide bonds. The number of hydroxylamine groups is 1. The molecule has 3 rings (SSSR count). The van der Waals surface area contributed by atoms with E-state index in [9.17, 15) is 9.59 Å². The summed E-state index contributed by atoms with van der Waals surface area (Å²) >= 11 is 0. The Balaban J connectivity index is 1.77. The van der Waals surface area contributed by atoms with Crippen LogP contribution in [0.3, 0.4) is 0 Å². The fourth-order valence-corrected chi connectivity index (χ4v) is 2.57. The minimum Gasteiger partial charge on any atom is -0.449 e. The van der Waals surface area contributed by atoms with Crippen LogP contribution in [0, 0.1) is 0 Å². The molecule has 0 radical (unpaired) electrons. The van der Waals surface area contributed by atoms with Gasteiger partial charge >= 0.3 is 5.97 Å². The number of nitrogens with zero attached hydrogens (tertiary/aromatic N) is 1. The van der Waals surface area contributed by atoms with E-state index in [4.69, 9.17) is 9.25 Å². The molecule has 0 atom stereocenters. The van der Waals surface area contributed by atoms with Gasteiger partial charge in [-0.25, -0.2) is 9.86 Å². The molecule has 0 aliphatic carbocycles. The summed E-state index contributed by atoms with van der Waals surface area (Å²) in [5, 5.41) is 4.20. The van der Waals surface area contributed by atoms with Crippen LogP contribution in [-0.2, 0) is 4.84 Å². The average Bonchev–Trinajstić information content (AvgIpc) is 3.19. The van der Waals surface area contributed by atoms with E-state index in [1.807, 2.05) is 26.8 Å². The van der Waals surface area contributed by atoms with Gasteiger partial charge in [-0.1, -0.05) is 18.2 Å². The Hall–Kier alpha value is -3.54. The molecule has 0 aliphatic heterocycles. The van der Waals surface area contributed by atoms with Crippen LogP contribution in [0.2, 0.25) is 0 Å². The quantitative estimate of drug-likeness (QED) is 0.639. The van der Waals surface area contributed by atoms with E-state index >= 15 is 0 Å². The smallest absolute Gasteiger partial charge is 0.363 e. The first-order chi connectivity index (χ1) is 13.3. The van der Waals surface area contributed by atoms with Crippen molar-refractivity contribution in [1.82, 2.24) is 0 Å². The van der Waals surface area contributed by atoms with Crippen molar-refractivity contribution in [2.45, 2.75) is 26.3 Å². The molecule has 28 heavy (non-hydrogen) atoms. The number of carbonyl (C=O) groups excluding carboxylic acids is 2. The molecule has 1 heterocycles. The number of anilines is 2. The summed E-state index contributed by atoms with van der Waals surface area (Å²) in [5.41, 5.74) is 1.10. The zero-order valence-corrected chi connectivity index (χ0v) is 16.0. The molecule has 3 aromatic rings. The highest BCUT2D eigenvalue weighted by molar-refractivity contribution is 6.03. The van der Waals surface area contributed by atoms with Crippen molar-refractivity contribution in [2.75, 3.05) is 10.4 Å². The second-order valence-corrected chi connectivity index (χ2v) is 7.19. The Morgan fingerprint density at radius 1 is 0.893 bits per heavy atom. The minimum absolute atomic E-state index is 0.287. The lowest BCUT2D eigenvalue weighted by Gasteiger charge is -2.35. The third-order valence-electron chi connectivity index (χ3n) is 3.91. The van der Waals surface area contributed by atoms with Gasteiger partial charge in [0.2, 0.25) is 0 Å². The first-order valence-corrected chi connectivity index (χ1v) is 8.87. The number of amides is 1. The highest BCUT2D eigenvalue weighted by atomic mass is 16.7. The predicted octanol–water partition coefficient (Wildman–Crippen LogP) is 4.91. The molecule has 0 fully saturated rings. The zero-order valence-electron chi connectivity index (χ0n) is 16.0. The molecule has 1 N–H and O–H groups in total. The van der Waals surface area contributed by atoms with E-state index in [0.29, 0.717) is 22.7 Å². The van der Waals surface area contributed by atoms with E-state index in [0.717, 1.165) is 0 Å². The summed E-state index contributed by atoms with van der Waals surface area (Å²) in [7, 11) is 0. The fourth-order valence-electron chi connectivity index (χ4n) is 2.57. The van der Waals surface area contributed by atoms with Crippen molar-refractivity contribution in [3.63, 3.8) is 0 Å². The van der Waals surface area contributed by atoms with Crippen molar-refractivity contribution >= 4 is 23.4 Å². The maximum atomic E-state index is 12.5. The maximum absolute atomic E-state index is 12.5. The van der Waals surface area contributed by atoms with Crippen molar-refractivity contribution < 1.29 is 18.8 Å². The summed E-state index contributed by atoms with van der Waals surface area (Å²) in [5.74, 6) is -0.359. The molecule has 1 aromatic heterocycles. The van der Waals surface area contributed by atoms with E-state index in [-0.39, 0.29) is 5.91 Å². The van der Waals surface area contributed by atoms with Gasteiger partial charge in [0.05, 0.1) is 23.1 Å². The van der Waals surface area contributed by atoms with Crippen LogP contribution in [0.4, 0.5) is 11.6 Å². The van der Waals surface area contributed by atoms with Crippen molar-refractivity contribution in [1.29, 1.82) is 0 Å². The molecular formula is C22H22N2O4. The third kappa shape index (κ3) is 4.59. The highest BCUT2D eigenvalue weighted by Crippen LogP contribution is 2.26. The van der Waals surface area contributed by atoms with Crippen LogP contribution < -0.4 is 10.4 Å². The van der Waals surface area contributed by atoms with Gasteiger partial charge in [0, 0.05) is 11.6 Å². The number of hydrogen-bond donors (Lipinski definition) is 1. The van der Waals surface area contributed by atoms with Crippen molar-refractivity contribution in [3.05, 3.63) is 84.1 Å². The Morgan fingerprint density at radius 2 is 1.57 bits per heavy atom. The second kappa shape index (κ2) is 8.00. The lowest BCUT2D eigenvalue weighted by molar-refractivity contribution is 0.0346. The Morgan fingerprint density at radius 3 is 2.14 bits per heavy atom. The molecule has 0 saturated carbocycles. The largest absolute Gasteiger partial charge is 0.449 e. The monoisotopic (exact) mass is 378 g/mol. The van der Waals surface area contributed by atoms with Gasteiger partial charge in [0.1, 0.15) is 0 Å². The number of hydrogen-bond acceptors (Lipinski definition) is 5. The van der Waals surface area contributed by atoms with Crippen LogP contribution >= 0.6 is 0 Å². The Bertz CT molecular complexity index is 927. The SMILES string of the molecule is CC(C)(C)N(OC(=O)c1ccccc1)c1ccc(C(=O)Nc2ccco2)cc1. The van der Waals surface area contributed by atoms with Gasteiger partial charge in [-0.15, -0.1) is 0 Å². The molecular weight excluding hydrogens is 356 g/mol. The van der Waals surface area contributed by atoms with Crippen LogP contribution in [0.1, 0.15) is 41.5 Å².